The zero-order chi connectivity index (χ0) is 9.84. The van der Waals surface area contributed by atoms with E-state index in [0.29, 0.717) is 11.8 Å². The predicted octanol–water partition coefficient (Wildman–Crippen LogP) is 1.54. The molecule has 1 aliphatic rings. The molecule has 0 heterocycles. The largest absolute Gasteiger partial charge is 0.394 e. The van der Waals surface area contributed by atoms with Crippen LogP contribution in [0.2, 0.25) is 0 Å². The van der Waals surface area contributed by atoms with Crippen molar-refractivity contribution in [2.24, 2.45) is 23.5 Å². The highest BCUT2D eigenvalue weighted by atomic mass is 16.3. The molecule has 1 aliphatic carbocycles. The van der Waals surface area contributed by atoms with Crippen LogP contribution in [-0.2, 0) is 0 Å². The Hall–Kier alpha value is -0.340. The minimum atomic E-state index is -0.181. The molecular formula is C11H21NO. The highest BCUT2D eigenvalue weighted by Crippen LogP contribution is 2.41. The van der Waals surface area contributed by atoms with Crippen LogP contribution in [0, 0.1) is 17.8 Å². The van der Waals surface area contributed by atoms with Crippen molar-refractivity contribution >= 4 is 0 Å². The summed E-state index contributed by atoms with van der Waals surface area (Å²) in [6.07, 6.45) is 6.87. The van der Waals surface area contributed by atoms with Gasteiger partial charge in [-0.15, -0.1) is 0 Å². The van der Waals surface area contributed by atoms with Crippen LogP contribution in [0.1, 0.15) is 26.7 Å². The maximum absolute atomic E-state index is 8.76. The van der Waals surface area contributed by atoms with Crippen LogP contribution in [0.15, 0.2) is 12.2 Å². The summed E-state index contributed by atoms with van der Waals surface area (Å²) >= 11 is 0. The van der Waals surface area contributed by atoms with Crippen molar-refractivity contribution in [3.8, 4) is 0 Å². The van der Waals surface area contributed by atoms with Gasteiger partial charge in [0.05, 0.1) is 6.61 Å². The Bertz CT molecular complexity index is 171. The van der Waals surface area contributed by atoms with Gasteiger partial charge in [-0.05, 0) is 30.6 Å². The number of rotatable bonds is 5. The molecule has 2 atom stereocenters. The lowest BCUT2D eigenvalue weighted by molar-refractivity contribution is 0.283. The Morgan fingerprint density at radius 2 is 2.00 bits per heavy atom. The lowest BCUT2D eigenvalue weighted by atomic mass is 9.90. The summed E-state index contributed by atoms with van der Waals surface area (Å²) in [5, 5.41) is 8.76. The number of aliphatic hydroxyl groups is 1. The Morgan fingerprint density at radius 1 is 1.38 bits per heavy atom. The highest BCUT2D eigenvalue weighted by molar-refractivity contribution is 5.01. The van der Waals surface area contributed by atoms with Gasteiger partial charge in [-0.3, -0.25) is 0 Å². The number of aliphatic hydroxyl groups excluding tert-OH is 1. The number of hydrogen-bond acceptors (Lipinski definition) is 2. The summed E-state index contributed by atoms with van der Waals surface area (Å²) in [5.41, 5.74) is 5.61. The molecule has 1 fully saturated rings. The molecule has 76 valence electrons. The van der Waals surface area contributed by atoms with Gasteiger partial charge in [-0.2, -0.15) is 0 Å². The minimum Gasteiger partial charge on any atom is -0.394 e. The first-order valence-corrected chi connectivity index (χ1v) is 5.20. The molecule has 0 aromatic rings. The zero-order valence-corrected chi connectivity index (χ0v) is 8.61. The second kappa shape index (κ2) is 4.77. The van der Waals surface area contributed by atoms with Crippen LogP contribution in [-0.4, -0.2) is 17.8 Å². The van der Waals surface area contributed by atoms with E-state index < -0.39 is 0 Å². The van der Waals surface area contributed by atoms with Crippen molar-refractivity contribution in [1.82, 2.24) is 0 Å². The Balaban J connectivity index is 2.41. The van der Waals surface area contributed by atoms with Crippen LogP contribution in [0.25, 0.3) is 0 Å². The fourth-order valence-corrected chi connectivity index (χ4v) is 1.74. The van der Waals surface area contributed by atoms with Gasteiger partial charge in [0.2, 0.25) is 0 Å². The van der Waals surface area contributed by atoms with E-state index in [2.05, 4.69) is 19.9 Å². The number of hydrogen-bond donors (Lipinski definition) is 2. The number of allylic oxidation sites excluding steroid dienone is 1. The Kier molecular flexibility index (Phi) is 3.94. The van der Waals surface area contributed by atoms with Crippen LogP contribution in [0.3, 0.4) is 0 Å². The van der Waals surface area contributed by atoms with E-state index in [1.165, 1.54) is 12.8 Å². The topological polar surface area (TPSA) is 46.2 Å². The van der Waals surface area contributed by atoms with E-state index in [-0.39, 0.29) is 12.6 Å². The van der Waals surface area contributed by atoms with E-state index in [0.717, 1.165) is 5.92 Å². The van der Waals surface area contributed by atoms with Gasteiger partial charge >= 0.3 is 0 Å². The summed E-state index contributed by atoms with van der Waals surface area (Å²) in [4.78, 5) is 0. The molecule has 0 spiro atoms. The van der Waals surface area contributed by atoms with Crippen molar-refractivity contribution < 1.29 is 5.11 Å². The standard InChI is InChI=1S/C11H21NO/c1-8(2)11(9-3-4-9)6-5-10(12)7-13/h5-6,8-11,13H,3-4,7,12H2,1-2H3/b6-5+. The van der Waals surface area contributed by atoms with E-state index in [1.807, 2.05) is 6.08 Å². The van der Waals surface area contributed by atoms with Crippen molar-refractivity contribution in [2.75, 3.05) is 6.61 Å². The minimum absolute atomic E-state index is 0.0476. The van der Waals surface area contributed by atoms with Gasteiger partial charge in [-0.25, -0.2) is 0 Å². The van der Waals surface area contributed by atoms with Crippen LogP contribution in [0.5, 0.6) is 0 Å². The summed E-state index contributed by atoms with van der Waals surface area (Å²) in [6.45, 7) is 4.54. The SMILES string of the molecule is CC(C)C(/C=C/C(N)CO)C1CC1. The number of nitrogens with two attached hydrogens (primary N) is 1. The van der Waals surface area contributed by atoms with Crippen LogP contribution >= 0.6 is 0 Å². The smallest absolute Gasteiger partial charge is 0.0618 e. The van der Waals surface area contributed by atoms with Crippen molar-refractivity contribution in [1.29, 1.82) is 0 Å². The first-order valence-electron chi connectivity index (χ1n) is 5.20. The average Bonchev–Trinajstić information content (AvgIpc) is 2.87. The summed E-state index contributed by atoms with van der Waals surface area (Å²) < 4.78 is 0. The molecule has 0 aromatic carbocycles. The van der Waals surface area contributed by atoms with Gasteiger partial charge in [-0.1, -0.05) is 26.0 Å². The molecule has 1 saturated carbocycles. The zero-order valence-electron chi connectivity index (χ0n) is 8.61. The molecule has 2 unspecified atom stereocenters. The van der Waals surface area contributed by atoms with Crippen molar-refractivity contribution in [3.63, 3.8) is 0 Å². The molecule has 13 heavy (non-hydrogen) atoms. The van der Waals surface area contributed by atoms with Crippen molar-refractivity contribution in [3.05, 3.63) is 12.2 Å². The molecule has 1 rings (SSSR count). The lowest BCUT2D eigenvalue weighted by Gasteiger charge is -2.16. The third kappa shape index (κ3) is 3.49. The normalized spacial score (nSPS) is 22.5. The molecule has 0 amide bonds. The van der Waals surface area contributed by atoms with E-state index >= 15 is 0 Å². The first-order chi connectivity index (χ1) is 6.15. The molecule has 0 radical (unpaired) electrons. The quantitative estimate of drug-likeness (QED) is 0.635. The highest BCUT2D eigenvalue weighted by Gasteiger charge is 2.31. The van der Waals surface area contributed by atoms with Crippen LogP contribution in [0.4, 0.5) is 0 Å². The molecule has 2 heteroatoms. The van der Waals surface area contributed by atoms with Gasteiger partial charge in [0.25, 0.3) is 0 Å². The van der Waals surface area contributed by atoms with Gasteiger partial charge < -0.3 is 10.8 Å². The molecule has 3 N–H and O–H groups in total. The Labute approximate surface area is 80.8 Å². The summed E-state index contributed by atoms with van der Waals surface area (Å²) in [5.74, 6) is 2.23. The fraction of sp³-hybridized carbons (Fsp3) is 0.818. The monoisotopic (exact) mass is 183 g/mol. The summed E-state index contributed by atoms with van der Waals surface area (Å²) in [7, 11) is 0. The fourth-order valence-electron chi connectivity index (χ4n) is 1.74. The second-order valence-corrected chi connectivity index (χ2v) is 4.39. The van der Waals surface area contributed by atoms with E-state index in [4.69, 9.17) is 10.8 Å². The van der Waals surface area contributed by atoms with E-state index in [1.54, 1.807) is 0 Å². The molecule has 0 aliphatic heterocycles. The average molecular weight is 183 g/mol. The molecule has 0 saturated heterocycles. The maximum atomic E-state index is 8.76. The van der Waals surface area contributed by atoms with Crippen LogP contribution < -0.4 is 5.73 Å². The van der Waals surface area contributed by atoms with E-state index in [9.17, 15) is 0 Å². The van der Waals surface area contributed by atoms with Gasteiger partial charge in [0, 0.05) is 6.04 Å². The Morgan fingerprint density at radius 3 is 2.38 bits per heavy atom. The van der Waals surface area contributed by atoms with Gasteiger partial charge in [0.15, 0.2) is 0 Å². The maximum Gasteiger partial charge on any atom is 0.0618 e. The molecule has 0 aromatic heterocycles. The summed E-state index contributed by atoms with van der Waals surface area (Å²) in [6, 6.07) is -0.181. The predicted molar refractivity (Wildman–Crippen MR) is 55.3 cm³/mol. The molecule has 0 bridgehead atoms. The third-order valence-corrected chi connectivity index (χ3v) is 2.73. The molecule has 2 nitrogen and oxygen atoms in total. The second-order valence-electron chi connectivity index (χ2n) is 4.39. The third-order valence-electron chi connectivity index (χ3n) is 2.73. The van der Waals surface area contributed by atoms with Crippen molar-refractivity contribution in [2.45, 2.75) is 32.7 Å². The first kappa shape index (κ1) is 10.7. The lowest BCUT2D eigenvalue weighted by Crippen LogP contribution is -2.22. The van der Waals surface area contributed by atoms with Gasteiger partial charge in [0.1, 0.15) is 0 Å². The molecular weight excluding hydrogens is 162 g/mol.